The number of carbonyl (C=O) groups excluding carboxylic acids is 1. The van der Waals surface area contributed by atoms with Crippen molar-refractivity contribution < 1.29 is 39.5 Å². The first-order valence-electron chi connectivity index (χ1n) is 3.95. The molecular weight excluding hydrogens is 175 g/mol. The normalized spacial score (nSPS) is 11.5. The number of hydrogen-bond acceptors (Lipinski definition) is 2. The Bertz CT molecular complexity index is 259. The fourth-order valence-electron chi connectivity index (χ4n) is 1.05. The van der Waals surface area contributed by atoms with Gasteiger partial charge in [0.05, 0.1) is 0 Å². The van der Waals surface area contributed by atoms with E-state index in [0.29, 0.717) is 6.42 Å². The number of aliphatic carboxylic acids is 1. The van der Waals surface area contributed by atoms with Gasteiger partial charge in [0.2, 0.25) is 0 Å². The van der Waals surface area contributed by atoms with Gasteiger partial charge in [0.25, 0.3) is 0 Å². The number of benzene rings is 1. The smallest absolute Gasteiger partial charge is 0.550 e. The van der Waals surface area contributed by atoms with Crippen LogP contribution in [0.2, 0.25) is 0 Å². The summed E-state index contributed by atoms with van der Waals surface area (Å²) in [5.74, 6) is -1.40. The van der Waals surface area contributed by atoms with E-state index in [1.54, 1.807) is 6.92 Å². The molecule has 0 fully saturated rings. The van der Waals surface area contributed by atoms with Gasteiger partial charge in [-0.2, -0.15) is 0 Å². The summed E-state index contributed by atoms with van der Waals surface area (Å²) in [5, 5.41) is 10.4. The number of carboxylic acids is 1. The largest absolute Gasteiger partial charge is 1.00 e. The molecule has 0 saturated heterocycles. The summed E-state index contributed by atoms with van der Waals surface area (Å²) < 4.78 is 0. The van der Waals surface area contributed by atoms with Crippen molar-refractivity contribution in [3.05, 3.63) is 35.9 Å². The Kier molecular flexibility index (Phi) is 6.04. The van der Waals surface area contributed by atoms with Gasteiger partial charge < -0.3 is 9.90 Å². The molecule has 3 heteroatoms. The molecule has 0 spiro atoms. The zero-order valence-electron chi connectivity index (χ0n) is 7.99. The molecule has 0 bridgehead atoms. The Morgan fingerprint density at radius 2 is 1.92 bits per heavy atom. The van der Waals surface area contributed by atoms with Crippen molar-refractivity contribution >= 4 is 5.97 Å². The minimum atomic E-state index is -0.987. The first kappa shape index (κ1) is 12.7. The molecule has 2 nitrogen and oxygen atoms in total. The van der Waals surface area contributed by atoms with E-state index in [1.165, 1.54) is 0 Å². The van der Waals surface area contributed by atoms with Crippen molar-refractivity contribution in [2.45, 2.75) is 13.3 Å². The van der Waals surface area contributed by atoms with Crippen LogP contribution in [0.15, 0.2) is 30.3 Å². The predicted molar refractivity (Wildman–Crippen MR) is 44.3 cm³/mol. The zero-order valence-corrected chi connectivity index (χ0v) is 9.99. The minimum absolute atomic E-state index is 0. The molecule has 64 valence electrons. The molecular formula is C10H11NaO2. The molecule has 1 aromatic carbocycles. The monoisotopic (exact) mass is 186 g/mol. The maximum Gasteiger partial charge on any atom is 1.00 e. The number of carbonyl (C=O) groups is 1. The quantitative estimate of drug-likeness (QED) is 0.494. The predicted octanol–water partition coefficient (Wildman–Crippen LogP) is -2.38. The van der Waals surface area contributed by atoms with Gasteiger partial charge in [-0.25, -0.2) is 0 Å². The Hall–Kier alpha value is -0.310. The van der Waals surface area contributed by atoms with E-state index in [4.69, 9.17) is 0 Å². The third-order valence-corrected chi connectivity index (χ3v) is 1.79. The van der Waals surface area contributed by atoms with E-state index in [1.807, 2.05) is 30.3 Å². The second kappa shape index (κ2) is 6.19. The van der Waals surface area contributed by atoms with Crippen LogP contribution in [0.25, 0.3) is 0 Å². The van der Waals surface area contributed by atoms with Crippen LogP contribution in [0, 0.1) is 5.92 Å². The van der Waals surface area contributed by atoms with Crippen LogP contribution in [-0.4, -0.2) is 5.97 Å². The van der Waals surface area contributed by atoms with Crippen molar-refractivity contribution in [3.63, 3.8) is 0 Å². The first-order chi connectivity index (χ1) is 5.70. The summed E-state index contributed by atoms with van der Waals surface area (Å²) in [7, 11) is 0. The fraction of sp³-hybridized carbons (Fsp3) is 0.300. The van der Waals surface area contributed by atoms with Gasteiger partial charge >= 0.3 is 29.6 Å². The van der Waals surface area contributed by atoms with Crippen molar-refractivity contribution in [1.82, 2.24) is 0 Å². The zero-order chi connectivity index (χ0) is 8.97. The number of carboxylic acid groups (broad SMARTS) is 1. The van der Waals surface area contributed by atoms with Crippen molar-refractivity contribution in [3.8, 4) is 0 Å². The van der Waals surface area contributed by atoms with E-state index in [-0.39, 0.29) is 29.6 Å². The molecule has 1 rings (SSSR count). The maximum absolute atomic E-state index is 10.4. The Morgan fingerprint density at radius 1 is 1.38 bits per heavy atom. The fourth-order valence-corrected chi connectivity index (χ4v) is 1.05. The average molecular weight is 186 g/mol. The SMILES string of the molecule is CC(Cc1ccccc1)C(=O)[O-].[Na+]. The topological polar surface area (TPSA) is 40.1 Å². The third-order valence-electron chi connectivity index (χ3n) is 1.79. The van der Waals surface area contributed by atoms with Crippen LogP contribution in [0.4, 0.5) is 0 Å². The van der Waals surface area contributed by atoms with E-state index < -0.39 is 11.9 Å². The molecule has 0 radical (unpaired) electrons. The standard InChI is InChI=1S/C10H12O2.Na/c1-8(10(11)12)7-9-5-3-2-4-6-9;/h2-6,8H,7H2,1H3,(H,11,12);/q;+1/p-1. The first-order valence-corrected chi connectivity index (χ1v) is 3.95. The maximum atomic E-state index is 10.4. The molecule has 0 aliphatic rings. The molecule has 0 heterocycles. The van der Waals surface area contributed by atoms with Crippen molar-refractivity contribution in [2.24, 2.45) is 5.92 Å². The van der Waals surface area contributed by atoms with Crippen LogP contribution in [-0.2, 0) is 11.2 Å². The van der Waals surface area contributed by atoms with Gasteiger partial charge in [-0.3, -0.25) is 0 Å². The minimum Gasteiger partial charge on any atom is -0.550 e. The van der Waals surface area contributed by atoms with E-state index in [9.17, 15) is 9.90 Å². The van der Waals surface area contributed by atoms with Crippen LogP contribution in [0.1, 0.15) is 12.5 Å². The summed E-state index contributed by atoms with van der Waals surface area (Å²) in [6, 6.07) is 9.54. The molecule has 1 unspecified atom stereocenters. The third kappa shape index (κ3) is 4.46. The Balaban J connectivity index is 0.00000144. The second-order valence-electron chi connectivity index (χ2n) is 2.91. The van der Waals surface area contributed by atoms with Crippen LogP contribution >= 0.6 is 0 Å². The summed E-state index contributed by atoms with van der Waals surface area (Å²) in [6.45, 7) is 1.66. The van der Waals surface area contributed by atoms with Crippen LogP contribution in [0.5, 0.6) is 0 Å². The van der Waals surface area contributed by atoms with E-state index >= 15 is 0 Å². The molecule has 0 aliphatic heterocycles. The van der Waals surface area contributed by atoms with Gasteiger partial charge in [-0.05, 0) is 17.9 Å². The molecule has 0 saturated carbocycles. The average Bonchev–Trinajstić information content (AvgIpc) is 2.06. The van der Waals surface area contributed by atoms with Gasteiger partial charge in [-0.1, -0.05) is 37.3 Å². The molecule has 1 aromatic rings. The van der Waals surface area contributed by atoms with Crippen molar-refractivity contribution in [1.29, 1.82) is 0 Å². The molecule has 1 atom stereocenters. The second-order valence-corrected chi connectivity index (χ2v) is 2.91. The summed E-state index contributed by atoms with van der Waals surface area (Å²) in [5.41, 5.74) is 1.04. The number of rotatable bonds is 3. The van der Waals surface area contributed by atoms with Crippen LogP contribution in [0.3, 0.4) is 0 Å². The summed E-state index contributed by atoms with van der Waals surface area (Å²) >= 11 is 0. The van der Waals surface area contributed by atoms with E-state index in [2.05, 4.69) is 0 Å². The van der Waals surface area contributed by atoms with Gasteiger partial charge in [0.15, 0.2) is 0 Å². The number of hydrogen-bond donors (Lipinski definition) is 0. The summed E-state index contributed by atoms with van der Waals surface area (Å²) in [6.07, 6.45) is 0.545. The van der Waals surface area contributed by atoms with Gasteiger partial charge in [0.1, 0.15) is 0 Å². The molecule has 0 amide bonds. The molecule has 0 N–H and O–H groups in total. The van der Waals surface area contributed by atoms with Gasteiger partial charge in [0, 0.05) is 5.97 Å². The van der Waals surface area contributed by atoms with Crippen LogP contribution < -0.4 is 34.7 Å². The molecule has 0 aromatic heterocycles. The van der Waals surface area contributed by atoms with Crippen molar-refractivity contribution in [2.75, 3.05) is 0 Å². The Morgan fingerprint density at radius 3 is 2.38 bits per heavy atom. The van der Waals surface area contributed by atoms with Gasteiger partial charge in [-0.15, -0.1) is 0 Å². The Labute approximate surface area is 100 Å². The van der Waals surface area contributed by atoms with E-state index in [0.717, 1.165) is 5.56 Å². The molecule has 13 heavy (non-hydrogen) atoms. The molecule has 0 aliphatic carbocycles. The summed E-state index contributed by atoms with van der Waals surface area (Å²) in [4.78, 5) is 10.4.